The highest BCUT2D eigenvalue weighted by molar-refractivity contribution is 5.88. The molecule has 2 rings (SSSR count). The van der Waals surface area contributed by atoms with Gasteiger partial charge < -0.3 is 10.4 Å². The maximum Gasteiger partial charge on any atom is 0.339 e. The zero-order valence-electron chi connectivity index (χ0n) is 12.1. The molecule has 0 radical (unpaired) electrons. The minimum Gasteiger partial charge on any atom is -0.478 e. The number of carboxylic acids is 1. The third-order valence-electron chi connectivity index (χ3n) is 3.55. The number of aromatic nitrogens is 4. The van der Waals surface area contributed by atoms with Gasteiger partial charge in [-0.05, 0) is 13.8 Å². The average molecular weight is 277 g/mol. The second-order valence-electron chi connectivity index (χ2n) is 4.81. The molecule has 7 nitrogen and oxygen atoms in total. The smallest absolute Gasteiger partial charge is 0.339 e. The lowest BCUT2D eigenvalue weighted by molar-refractivity contribution is 0.0695. The van der Waals surface area contributed by atoms with Crippen LogP contribution in [0.2, 0.25) is 0 Å². The molecule has 0 unspecified atom stereocenters. The third kappa shape index (κ3) is 2.57. The Kier molecular flexibility index (Phi) is 3.89. The van der Waals surface area contributed by atoms with Gasteiger partial charge in [0.25, 0.3) is 0 Å². The molecule has 0 aliphatic heterocycles. The van der Waals surface area contributed by atoms with Crippen LogP contribution in [0.25, 0.3) is 0 Å². The van der Waals surface area contributed by atoms with Crippen molar-refractivity contribution in [1.29, 1.82) is 0 Å². The van der Waals surface area contributed by atoms with E-state index >= 15 is 0 Å². The first-order valence-electron chi connectivity index (χ1n) is 6.35. The normalized spacial score (nSPS) is 11.0. The van der Waals surface area contributed by atoms with Crippen molar-refractivity contribution in [2.75, 3.05) is 0 Å². The van der Waals surface area contributed by atoms with Crippen LogP contribution in [0.4, 0.5) is 0 Å². The molecule has 0 saturated heterocycles. The van der Waals surface area contributed by atoms with Crippen molar-refractivity contribution in [2.24, 2.45) is 14.1 Å². The first-order chi connectivity index (χ1) is 9.41. The monoisotopic (exact) mass is 277 g/mol. The summed E-state index contributed by atoms with van der Waals surface area (Å²) in [5, 5.41) is 20.7. The van der Waals surface area contributed by atoms with Gasteiger partial charge >= 0.3 is 5.97 Å². The first kappa shape index (κ1) is 14.3. The summed E-state index contributed by atoms with van der Waals surface area (Å²) in [4.78, 5) is 11.1. The molecule has 0 aromatic carbocycles. The summed E-state index contributed by atoms with van der Waals surface area (Å²) in [5.74, 6) is -0.955. The molecular formula is C13H19N5O2. The van der Waals surface area contributed by atoms with Crippen LogP contribution in [0.3, 0.4) is 0 Å². The van der Waals surface area contributed by atoms with Gasteiger partial charge in [0.1, 0.15) is 5.56 Å². The van der Waals surface area contributed by atoms with Gasteiger partial charge in [-0.25, -0.2) is 4.79 Å². The van der Waals surface area contributed by atoms with Crippen molar-refractivity contribution in [2.45, 2.75) is 26.9 Å². The third-order valence-corrected chi connectivity index (χ3v) is 3.55. The number of carboxylic acid groups (broad SMARTS) is 1. The van der Waals surface area contributed by atoms with Crippen LogP contribution in [0, 0.1) is 13.8 Å². The zero-order chi connectivity index (χ0) is 14.9. The lowest BCUT2D eigenvalue weighted by atomic mass is 10.2. The second-order valence-corrected chi connectivity index (χ2v) is 4.81. The Hall–Kier alpha value is -2.15. The summed E-state index contributed by atoms with van der Waals surface area (Å²) in [5.41, 5.74) is 4.14. The van der Waals surface area contributed by atoms with Crippen LogP contribution in [-0.4, -0.2) is 30.6 Å². The summed E-state index contributed by atoms with van der Waals surface area (Å²) >= 11 is 0. The fourth-order valence-corrected chi connectivity index (χ4v) is 2.23. The Labute approximate surface area is 117 Å². The zero-order valence-corrected chi connectivity index (χ0v) is 12.1. The van der Waals surface area contributed by atoms with Gasteiger partial charge in [0, 0.05) is 38.4 Å². The van der Waals surface area contributed by atoms with E-state index in [0.29, 0.717) is 18.8 Å². The van der Waals surface area contributed by atoms with Gasteiger partial charge in [-0.1, -0.05) is 0 Å². The summed E-state index contributed by atoms with van der Waals surface area (Å²) in [7, 11) is 3.65. The van der Waals surface area contributed by atoms with Crippen LogP contribution in [0.15, 0.2) is 6.20 Å². The van der Waals surface area contributed by atoms with Gasteiger partial charge in [-0.2, -0.15) is 10.2 Å². The molecule has 0 saturated carbocycles. The summed E-state index contributed by atoms with van der Waals surface area (Å²) in [6, 6.07) is 0. The van der Waals surface area contributed by atoms with Crippen molar-refractivity contribution >= 4 is 5.97 Å². The minimum atomic E-state index is -0.955. The Morgan fingerprint density at radius 1 is 1.30 bits per heavy atom. The standard InChI is InChI=1S/C13H19N5O2/c1-8-10(9(2)17(3)16-8)5-14-7-12-11(13(19)20)6-15-18(12)4/h6,14H,5,7H2,1-4H3,(H,19,20). The number of aryl methyl sites for hydroxylation is 3. The SMILES string of the molecule is Cc1nn(C)c(C)c1CNCc1c(C(=O)O)cnn1C. The van der Waals surface area contributed by atoms with Crippen LogP contribution in [0.1, 0.15) is 33.0 Å². The van der Waals surface area contributed by atoms with Crippen molar-refractivity contribution in [3.63, 3.8) is 0 Å². The number of rotatable bonds is 5. The molecule has 0 fully saturated rings. The fourth-order valence-electron chi connectivity index (χ4n) is 2.23. The highest BCUT2D eigenvalue weighted by Gasteiger charge is 2.15. The fraction of sp³-hybridized carbons (Fsp3) is 0.462. The van der Waals surface area contributed by atoms with E-state index in [9.17, 15) is 4.79 Å². The summed E-state index contributed by atoms with van der Waals surface area (Å²) < 4.78 is 3.43. The summed E-state index contributed by atoms with van der Waals surface area (Å²) in [6.45, 7) is 5.09. The molecule has 0 spiro atoms. The lowest BCUT2D eigenvalue weighted by Gasteiger charge is -2.07. The topological polar surface area (TPSA) is 85.0 Å². The maximum absolute atomic E-state index is 11.1. The van der Waals surface area contributed by atoms with Crippen LogP contribution >= 0.6 is 0 Å². The highest BCUT2D eigenvalue weighted by atomic mass is 16.4. The molecule has 2 aromatic heterocycles. The van der Waals surface area contributed by atoms with E-state index < -0.39 is 5.97 Å². The number of aromatic carboxylic acids is 1. The van der Waals surface area contributed by atoms with E-state index in [1.807, 2.05) is 25.6 Å². The molecule has 20 heavy (non-hydrogen) atoms. The molecule has 0 bridgehead atoms. The number of nitrogens with one attached hydrogen (secondary N) is 1. The molecule has 0 atom stereocenters. The molecule has 0 amide bonds. The van der Waals surface area contributed by atoms with E-state index in [1.54, 1.807) is 11.7 Å². The molecule has 2 heterocycles. The van der Waals surface area contributed by atoms with Crippen molar-refractivity contribution < 1.29 is 9.90 Å². The predicted octanol–water partition coefficient (Wildman–Crippen LogP) is 0.758. The second kappa shape index (κ2) is 5.46. The van der Waals surface area contributed by atoms with Crippen molar-refractivity contribution in [3.05, 3.63) is 34.4 Å². The van der Waals surface area contributed by atoms with Crippen LogP contribution in [0.5, 0.6) is 0 Å². The molecule has 108 valence electrons. The Bertz CT molecular complexity index is 641. The van der Waals surface area contributed by atoms with E-state index in [0.717, 1.165) is 17.0 Å². The van der Waals surface area contributed by atoms with Gasteiger partial charge in [0.05, 0.1) is 17.6 Å². The van der Waals surface area contributed by atoms with Crippen LogP contribution in [-0.2, 0) is 27.2 Å². The molecule has 0 aliphatic rings. The largest absolute Gasteiger partial charge is 0.478 e. The van der Waals surface area contributed by atoms with E-state index in [4.69, 9.17) is 5.11 Å². The van der Waals surface area contributed by atoms with Crippen molar-refractivity contribution in [1.82, 2.24) is 24.9 Å². The van der Waals surface area contributed by atoms with E-state index in [-0.39, 0.29) is 5.56 Å². The van der Waals surface area contributed by atoms with E-state index in [2.05, 4.69) is 15.5 Å². The van der Waals surface area contributed by atoms with Crippen molar-refractivity contribution in [3.8, 4) is 0 Å². The first-order valence-corrected chi connectivity index (χ1v) is 6.35. The Balaban J connectivity index is 2.07. The molecule has 2 aromatic rings. The molecular weight excluding hydrogens is 258 g/mol. The van der Waals surface area contributed by atoms with E-state index in [1.165, 1.54) is 6.20 Å². The number of hydrogen-bond donors (Lipinski definition) is 2. The molecule has 7 heteroatoms. The number of hydrogen-bond acceptors (Lipinski definition) is 4. The summed E-state index contributed by atoms with van der Waals surface area (Å²) in [6.07, 6.45) is 1.37. The Morgan fingerprint density at radius 3 is 2.55 bits per heavy atom. The Morgan fingerprint density at radius 2 is 2.00 bits per heavy atom. The molecule has 2 N–H and O–H groups in total. The van der Waals surface area contributed by atoms with Gasteiger partial charge in [0.2, 0.25) is 0 Å². The lowest BCUT2D eigenvalue weighted by Crippen LogP contribution is -2.18. The van der Waals surface area contributed by atoms with Gasteiger partial charge in [0.15, 0.2) is 0 Å². The number of carbonyl (C=O) groups is 1. The van der Waals surface area contributed by atoms with Gasteiger partial charge in [-0.3, -0.25) is 9.36 Å². The maximum atomic E-state index is 11.1. The number of nitrogens with zero attached hydrogens (tertiary/aromatic N) is 4. The molecule has 0 aliphatic carbocycles. The van der Waals surface area contributed by atoms with Gasteiger partial charge in [-0.15, -0.1) is 0 Å². The predicted molar refractivity (Wildman–Crippen MR) is 73.4 cm³/mol. The minimum absolute atomic E-state index is 0.236. The quantitative estimate of drug-likeness (QED) is 0.842. The van der Waals surface area contributed by atoms with Crippen LogP contribution < -0.4 is 5.32 Å². The highest BCUT2D eigenvalue weighted by Crippen LogP contribution is 2.12. The average Bonchev–Trinajstić information content (AvgIpc) is 2.85.